The first-order valence-electron chi connectivity index (χ1n) is 5.43. The second kappa shape index (κ2) is 4.14. The van der Waals surface area contributed by atoms with Crippen molar-refractivity contribution in [1.82, 2.24) is 14.9 Å². The average Bonchev–Trinajstić information content (AvgIpc) is 2.26. The fourth-order valence-corrected chi connectivity index (χ4v) is 2.23. The van der Waals surface area contributed by atoms with Crippen LogP contribution in [0, 0.1) is 0 Å². The fraction of sp³-hybridized carbons (Fsp3) is 0.545. The lowest BCUT2D eigenvalue weighted by Gasteiger charge is -2.45. The van der Waals surface area contributed by atoms with Gasteiger partial charge in [-0.1, -0.05) is 11.6 Å². The molecule has 0 N–H and O–H groups in total. The monoisotopic (exact) mass is 254 g/mol. The van der Waals surface area contributed by atoms with E-state index < -0.39 is 5.54 Å². The Labute approximate surface area is 105 Å². The van der Waals surface area contributed by atoms with Crippen LogP contribution in [0.2, 0.25) is 5.15 Å². The molecule has 0 spiro atoms. The van der Waals surface area contributed by atoms with Crippen molar-refractivity contribution in [1.29, 1.82) is 0 Å². The first kappa shape index (κ1) is 12.1. The second-order valence-corrected chi connectivity index (χ2v) is 5.02. The van der Waals surface area contributed by atoms with Gasteiger partial charge in [-0.05, 0) is 13.8 Å². The topological polar surface area (TPSA) is 49.3 Å². The number of nitrogens with zero attached hydrogens (tertiary/aromatic N) is 4. The van der Waals surface area contributed by atoms with Crippen LogP contribution in [0.5, 0.6) is 0 Å². The van der Waals surface area contributed by atoms with Gasteiger partial charge >= 0.3 is 0 Å². The van der Waals surface area contributed by atoms with E-state index in [1.807, 2.05) is 25.8 Å². The molecule has 17 heavy (non-hydrogen) atoms. The van der Waals surface area contributed by atoms with Gasteiger partial charge in [0.1, 0.15) is 22.8 Å². The molecular weight excluding hydrogens is 240 g/mol. The number of likely N-dealkylation sites (N-methyl/N-ethyl adjacent to an activating group) is 1. The minimum absolute atomic E-state index is 0.0819. The van der Waals surface area contributed by atoms with Crippen molar-refractivity contribution in [3.63, 3.8) is 0 Å². The van der Waals surface area contributed by atoms with Crippen LogP contribution in [0.3, 0.4) is 0 Å². The summed E-state index contributed by atoms with van der Waals surface area (Å²) in [6.45, 7) is 5.20. The largest absolute Gasteiger partial charge is 0.342 e. The van der Waals surface area contributed by atoms with Crippen molar-refractivity contribution in [2.24, 2.45) is 0 Å². The SMILES string of the molecule is CN1CCN(c2cc(Cl)ncn2)C(C)(C)C1=O. The molecule has 2 heterocycles. The van der Waals surface area contributed by atoms with E-state index >= 15 is 0 Å². The van der Waals surface area contributed by atoms with Crippen molar-refractivity contribution in [2.45, 2.75) is 19.4 Å². The Morgan fingerprint density at radius 1 is 1.35 bits per heavy atom. The molecule has 0 saturated carbocycles. The standard InChI is InChI=1S/C11H15ClN4O/c1-11(2)10(17)15(3)4-5-16(11)9-6-8(12)13-7-14-9/h6-7H,4-5H2,1-3H3. The van der Waals surface area contributed by atoms with Crippen LogP contribution >= 0.6 is 11.6 Å². The van der Waals surface area contributed by atoms with Gasteiger partial charge in [-0.25, -0.2) is 9.97 Å². The first-order chi connectivity index (χ1) is 7.93. The van der Waals surface area contributed by atoms with Gasteiger partial charge in [0, 0.05) is 26.2 Å². The number of amides is 1. The maximum absolute atomic E-state index is 12.1. The van der Waals surface area contributed by atoms with Crippen molar-refractivity contribution < 1.29 is 4.79 Å². The van der Waals surface area contributed by atoms with Crippen LogP contribution in [0.1, 0.15) is 13.8 Å². The molecule has 0 atom stereocenters. The highest BCUT2D eigenvalue weighted by Gasteiger charge is 2.41. The Balaban J connectivity index is 2.36. The van der Waals surface area contributed by atoms with Crippen molar-refractivity contribution in [3.05, 3.63) is 17.5 Å². The number of carbonyl (C=O) groups is 1. The number of hydrogen-bond acceptors (Lipinski definition) is 4. The van der Waals surface area contributed by atoms with E-state index in [0.717, 1.165) is 6.54 Å². The molecule has 0 aliphatic carbocycles. The quantitative estimate of drug-likeness (QED) is 0.707. The molecule has 1 aromatic heterocycles. The van der Waals surface area contributed by atoms with E-state index in [1.54, 1.807) is 11.0 Å². The Bertz CT molecular complexity index is 449. The Morgan fingerprint density at radius 2 is 2.06 bits per heavy atom. The zero-order valence-electron chi connectivity index (χ0n) is 10.1. The highest BCUT2D eigenvalue weighted by atomic mass is 35.5. The van der Waals surface area contributed by atoms with Crippen LogP contribution < -0.4 is 4.90 Å². The summed E-state index contributed by atoms with van der Waals surface area (Å²) in [5.74, 6) is 0.773. The average molecular weight is 255 g/mol. The van der Waals surface area contributed by atoms with Gasteiger partial charge in [-0.2, -0.15) is 0 Å². The van der Waals surface area contributed by atoms with E-state index in [4.69, 9.17) is 11.6 Å². The summed E-state index contributed by atoms with van der Waals surface area (Å²) in [5.41, 5.74) is -0.606. The van der Waals surface area contributed by atoms with Crippen LogP contribution in [-0.4, -0.2) is 46.5 Å². The molecule has 1 saturated heterocycles. The maximum atomic E-state index is 12.1. The summed E-state index contributed by atoms with van der Waals surface area (Å²) in [5, 5.41) is 0.386. The molecule has 1 aliphatic heterocycles. The zero-order chi connectivity index (χ0) is 12.6. The van der Waals surface area contributed by atoms with E-state index in [9.17, 15) is 4.79 Å². The number of rotatable bonds is 1. The minimum atomic E-state index is -0.606. The van der Waals surface area contributed by atoms with Crippen LogP contribution in [0.4, 0.5) is 5.82 Å². The van der Waals surface area contributed by atoms with Gasteiger partial charge in [0.25, 0.3) is 0 Å². The molecule has 0 aromatic carbocycles. The maximum Gasteiger partial charge on any atom is 0.247 e. The van der Waals surface area contributed by atoms with Crippen LogP contribution in [0.25, 0.3) is 0 Å². The molecule has 92 valence electrons. The van der Waals surface area contributed by atoms with Gasteiger partial charge < -0.3 is 9.80 Å². The molecule has 2 rings (SSSR count). The van der Waals surface area contributed by atoms with Gasteiger partial charge in [-0.3, -0.25) is 4.79 Å². The highest BCUT2D eigenvalue weighted by molar-refractivity contribution is 6.29. The third kappa shape index (κ3) is 2.07. The molecule has 0 bridgehead atoms. The lowest BCUT2D eigenvalue weighted by atomic mass is 9.98. The third-order valence-corrected chi connectivity index (χ3v) is 3.31. The summed E-state index contributed by atoms with van der Waals surface area (Å²) >= 11 is 5.85. The Kier molecular flexibility index (Phi) is 2.95. The van der Waals surface area contributed by atoms with Crippen molar-refractivity contribution >= 4 is 23.3 Å². The Hall–Kier alpha value is -1.36. The molecular formula is C11H15ClN4O. The van der Waals surface area contributed by atoms with Gasteiger partial charge in [-0.15, -0.1) is 0 Å². The fourth-order valence-electron chi connectivity index (χ4n) is 2.09. The summed E-state index contributed by atoms with van der Waals surface area (Å²) in [7, 11) is 1.81. The van der Waals surface area contributed by atoms with E-state index in [1.165, 1.54) is 6.33 Å². The first-order valence-corrected chi connectivity index (χ1v) is 5.81. The van der Waals surface area contributed by atoms with Crippen molar-refractivity contribution in [3.8, 4) is 0 Å². The number of aromatic nitrogens is 2. The number of carbonyl (C=O) groups excluding carboxylic acids is 1. The molecule has 1 aromatic rings. The summed E-state index contributed by atoms with van der Waals surface area (Å²) in [6.07, 6.45) is 1.41. The predicted octanol–water partition coefficient (Wildman–Crippen LogP) is 1.19. The number of piperazine rings is 1. The third-order valence-electron chi connectivity index (χ3n) is 3.10. The zero-order valence-corrected chi connectivity index (χ0v) is 10.9. The second-order valence-electron chi connectivity index (χ2n) is 4.64. The summed E-state index contributed by atoms with van der Waals surface area (Å²) in [4.78, 5) is 23.8. The smallest absolute Gasteiger partial charge is 0.247 e. The molecule has 1 aliphatic rings. The molecule has 0 radical (unpaired) electrons. The van der Waals surface area contributed by atoms with E-state index in [-0.39, 0.29) is 5.91 Å². The van der Waals surface area contributed by atoms with E-state index in [0.29, 0.717) is 17.5 Å². The molecule has 5 nitrogen and oxygen atoms in total. The summed E-state index contributed by atoms with van der Waals surface area (Å²) in [6, 6.07) is 1.68. The Morgan fingerprint density at radius 3 is 2.71 bits per heavy atom. The number of anilines is 1. The lowest BCUT2D eigenvalue weighted by Crippen LogP contribution is -2.62. The van der Waals surface area contributed by atoms with Crippen molar-refractivity contribution in [2.75, 3.05) is 25.0 Å². The number of hydrogen-bond donors (Lipinski definition) is 0. The molecule has 0 unspecified atom stereocenters. The summed E-state index contributed by atoms with van der Waals surface area (Å²) < 4.78 is 0. The molecule has 6 heteroatoms. The van der Waals surface area contributed by atoms with Gasteiger partial charge in [0.05, 0.1) is 0 Å². The molecule has 1 fully saturated rings. The predicted molar refractivity (Wildman–Crippen MR) is 66.1 cm³/mol. The highest BCUT2D eigenvalue weighted by Crippen LogP contribution is 2.27. The van der Waals surface area contributed by atoms with Crippen LogP contribution in [0.15, 0.2) is 12.4 Å². The minimum Gasteiger partial charge on any atom is -0.342 e. The van der Waals surface area contributed by atoms with E-state index in [2.05, 4.69) is 9.97 Å². The van der Waals surface area contributed by atoms with Gasteiger partial charge in [0.2, 0.25) is 5.91 Å². The molecule has 1 amide bonds. The number of halogens is 1. The lowest BCUT2D eigenvalue weighted by molar-refractivity contribution is -0.136. The normalized spacial score (nSPS) is 19.6. The van der Waals surface area contributed by atoms with Gasteiger partial charge in [0.15, 0.2) is 0 Å². The van der Waals surface area contributed by atoms with Crippen LogP contribution in [-0.2, 0) is 4.79 Å².